The molecule has 0 saturated carbocycles. The van der Waals surface area contributed by atoms with Gasteiger partial charge in [-0.15, -0.1) is 0 Å². The van der Waals surface area contributed by atoms with E-state index in [1.807, 2.05) is 13.8 Å². The van der Waals surface area contributed by atoms with Gasteiger partial charge in [0.15, 0.2) is 12.2 Å². The fourth-order valence-electron chi connectivity index (χ4n) is 2.94. The molecule has 2 rings (SSSR count). The SMILES string of the molecule is CC(=O)OCC1OC2C(OC2(C)C)C(OC(C)=O)C1OC(C)=O. The van der Waals surface area contributed by atoms with Crippen molar-refractivity contribution >= 4 is 17.9 Å². The van der Waals surface area contributed by atoms with Gasteiger partial charge in [0.1, 0.15) is 24.9 Å². The second kappa shape index (κ2) is 6.45. The fourth-order valence-corrected chi connectivity index (χ4v) is 2.94. The van der Waals surface area contributed by atoms with Crippen molar-refractivity contribution in [3.8, 4) is 0 Å². The molecule has 2 saturated heterocycles. The normalized spacial score (nSPS) is 34.6. The smallest absolute Gasteiger partial charge is 0.303 e. The number of hydrogen-bond donors (Lipinski definition) is 0. The molecule has 0 aliphatic carbocycles. The van der Waals surface area contributed by atoms with Gasteiger partial charge in [-0.05, 0) is 13.8 Å². The van der Waals surface area contributed by atoms with Gasteiger partial charge in [-0.3, -0.25) is 14.4 Å². The van der Waals surface area contributed by atoms with E-state index in [2.05, 4.69) is 0 Å². The Kier molecular flexibility index (Phi) is 4.95. The van der Waals surface area contributed by atoms with Gasteiger partial charge in [0.25, 0.3) is 0 Å². The van der Waals surface area contributed by atoms with Crippen molar-refractivity contribution in [3.05, 3.63) is 0 Å². The molecule has 2 heterocycles. The van der Waals surface area contributed by atoms with Crippen LogP contribution in [0.5, 0.6) is 0 Å². The monoisotopic (exact) mass is 330 g/mol. The molecule has 0 radical (unpaired) electrons. The van der Waals surface area contributed by atoms with Gasteiger partial charge in [-0.1, -0.05) is 0 Å². The maximum Gasteiger partial charge on any atom is 0.303 e. The van der Waals surface area contributed by atoms with Crippen molar-refractivity contribution in [2.75, 3.05) is 6.61 Å². The van der Waals surface area contributed by atoms with Gasteiger partial charge in [0, 0.05) is 20.8 Å². The first-order valence-electron chi connectivity index (χ1n) is 7.43. The Morgan fingerprint density at radius 2 is 1.52 bits per heavy atom. The first kappa shape index (κ1) is 17.7. The maximum atomic E-state index is 11.4. The van der Waals surface area contributed by atoms with Crippen LogP contribution >= 0.6 is 0 Å². The molecule has 130 valence electrons. The lowest BCUT2D eigenvalue weighted by Crippen LogP contribution is -2.74. The van der Waals surface area contributed by atoms with E-state index in [1.54, 1.807) is 0 Å². The number of ether oxygens (including phenoxy) is 5. The maximum absolute atomic E-state index is 11.4. The highest BCUT2D eigenvalue weighted by atomic mass is 16.7. The summed E-state index contributed by atoms with van der Waals surface area (Å²) in [6.07, 6.45) is -3.36. The highest BCUT2D eigenvalue weighted by Crippen LogP contribution is 2.43. The Morgan fingerprint density at radius 1 is 0.957 bits per heavy atom. The summed E-state index contributed by atoms with van der Waals surface area (Å²) in [5.74, 6) is -1.56. The van der Waals surface area contributed by atoms with Crippen molar-refractivity contribution < 1.29 is 38.1 Å². The number of esters is 3. The number of carbonyl (C=O) groups is 3. The molecule has 5 atom stereocenters. The zero-order chi connectivity index (χ0) is 17.4. The van der Waals surface area contributed by atoms with Gasteiger partial charge in [0.05, 0.1) is 5.60 Å². The van der Waals surface area contributed by atoms with Crippen LogP contribution in [-0.2, 0) is 38.1 Å². The quantitative estimate of drug-likeness (QED) is 0.538. The Hall–Kier alpha value is -1.67. The summed E-state index contributed by atoms with van der Waals surface area (Å²) in [5.41, 5.74) is -0.571. The third kappa shape index (κ3) is 3.81. The number of carbonyl (C=O) groups excluding carboxylic acids is 3. The van der Waals surface area contributed by atoms with Crippen LogP contribution in [0, 0.1) is 0 Å². The largest absolute Gasteiger partial charge is 0.463 e. The average molecular weight is 330 g/mol. The van der Waals surface area contributed by atoms with Crippen molar-refractivity contribution in [3.63, 3.8) is 0 Å². The lowest BCUT2D eigenvalue weighted by Gasteiger charge is -2.58. The van der Waals surface area contributed by atoms with Gasteiger partial charge >= 0.3 is 17.9 Å². The standard InChI is InChI=1S/C15H22O8/c1-7(16)19-6-10-11(20-8(2)17)12(21-9(3)18)13-14(22-10)15(4,5)23-13/h10-14H,6H2,1-5H3. The molecular formula is C15H22O8. The predicted octanol–water partition coefficient (Wildman–Crippen LogP) is 0.358. The first-order chi connectivity index (χ1) is 10.6. The second-order valence-corrected chi connectivity index (χ2v) is 6.23. The average Bonchev–Trinajstić information content (AvgIpc) is 2.39. The van der Waals surface area contributed by atoms with E-state index in [4.69, 9.17) is 23.7 Å². The van der Waals surface area contributed by atoms with E-state index < -0.39 is 47.9 Å². The van der Waals surface area contributed by atoms with E-state index >= 15 is 0 Å². The topological polar surface area (TPSA) is 97.4 Å². The molecular weight excluding hydrogens is 308 g/mol. The highest BCUT2D eigenvalue weighted by molar-refractivity contribution is 5.68. The predicted molar refractivity (Wildman–Crippen MR) is 75.4 cm³/mol. The molecule has 0 amide bonds. The highest BCUT2D eigenvalue weighted by Gasteiger charge is 2.62. The van der Waals surface area contributed by atoms with E-state index in [9.17, 15) is 14.4 Å². The van der Waals surface area contributed by atoms with Crippen LogP contribution in [0.15, 0.2) is 0 Å². The van der Waals surface area contributed by atoms with Crippen LogP contribution in [-0.4, -0.2) is 60.6 Å². The molecule has 8 nitrogen and oxygen atoms in total. The summed E-state index contributed by atoms with van der Waals surface area (Å²) in [6.45, 7) is 7.35. The van der Waals surface area contributed by atoms with Crippen molar-refractivity contribution in [2.24, 2.45) is 0 Å². The fraction of sp³-hybridized carbons (Fsp3) is 0.800. The third-order valence-corrected chi connectivity index (χ3v) is 3.81. The van der Waals surface area contributed by atoms with Gasteiger partial charge in [0.2, 0.25) is 0 Å². The minimum absolute atomic E-state index is 0.107. The Bertz CT molecular complexity index is 500. The third-order valence-electron chi connectivity index (χ3n) is 3.81. The number of hydrogen-bond acceptors (Lipinski definition) is 8. The lowest BCUT2D eigenvalue weighted by atomic mass is 9.80. The zero-order valence-corrected chi connectivity index (χ0v) is 13.9. The van der Waals surface area contributed by atoms with Gasteiger partial charge in [-0.2, -0.15) is 0 Å². The number of fused-ring (bicyclic) bond motifs is 1. The van der Waals surface area contributed by atoms with E-state index in [0.29, 0.717) is 0 Å². The molecule has 2 fully saturated rings. The van der Waals surface area contributed by atoms with Crippen LogP contribution in [0.2, 0.25) is 0 Å². The van der Waals surface area contributed by atoms with Gasteiger partial charge < -0.3 is 23.7 Å². The molecule has 2 aliphatic rings. The van der Waals surface area contributed by atoms with Crippen LogP contribution in [0.3, 0.4) is 0 Å². The molecule has 0 spiro atoms. The van der Waals surface area contributed by atoms with E-state index in [-0.39, 0.29) is 12.7 Å². The van der Waals surface area contributed by atoms with Crippen molar-refractivity contribution in [1.29, 1.82) is 0 Å². The summed E-state index contributed by atoms with van der Waals surface area (Å²) in [5, 5.41) is 0. The van der Waals surface area contributed by atoms with Crippen molar-refractivity contribution in [1.82, 2.24) is 0 Å². The Morgan fingerprint density at radius 3 is 2.00 bits per heavy atom. The molecule has 0 aromatic rings. The zero-order valence-electron chi connectivity index (χ0n) is 13.9. The second-order valence-electron chi connectivity index (χ2n) is 6.23. The molecule has 0 aromatic heterocycles. The van der Waals surface area contributed by atoms with E-state index in [1.165, 1.54) is 20.8 Å². The molecule has 0 bridgehead atoms. The minimum atomic E-state index is -0.909. The molecule has 8 heteroatoms. The Labute approximate surface area is 134 Å². The van der Waals surface area contributed by atoms with E-state index in [0.717, 1.165) is 0 Å². The molecule has 0 N–H and O–H groups in total. The number of rotatable bonds is 4. The minimum Gasteiger partial charge on any atom is -0.463 e. The molecule has 5 unspecified atom stereocenters. The van der Waals surface area contributed by atoms with Crippen LogP contribution in [0.4, 0.5) is 0 Å². The lowest BCUT2D eigenvalue weighted by molar-refractivity contribution is -0.368. The summed E-state index contributed by atoms with van der Waals surface area (Å²) in [6, 6.07) is 0. The van der Waals surface area contributed by atoms with Crippen LogP contribution in [0.25, 0.3) is 0 Å². The van der Waals surface area contributed by atoms with Crippen LogP contribution in [0.1, 0.15) is 34.6 Å². The summed E-state index contributed by atoms with van der Waals surface area (Å²) < 4.78 is 27.2. The Balaban J connectivity index is 2.23. The summed E-state index contributed by atoms with van der Waals surface area (Å²) in [4.78, 5) is 33.9. The molecule has 23 heavy (non-hydrogen) atoms. The summed E-state index contributed by atoms with van der Waals surface area (Å²) in [7, 11) is 0. The molecule has 0 aromatic carbocycles. The van der Waals surface area contributed by atoms with Crippen LogP contribution < -0.4 is 0 Å². The van der Waals surface area contributed by atoms with Crippen molar-refractivity contribution in [2.45, 2.75) is 70.7 Å². The molecule has 2 aliphatic heterocycles. The summed E-state index contributed by atoms with van der Waals surface area (Å²) >= 11 is 0. The van der Waals surface area contributed by atoms with Gasteiger partial charge in [-0.25, -0.2) is 0 Å². The first-order valence-corrected chi connectivity index (χ1v) is 7.43.